The molecule has 0 radical (unpaired) electrons. The number of hydrogen-bond donors (Lipinski definition) is 2. The van der Waals surface area contributed by atoms with Gasteiger partial charge < -0.3 is 15.0 Å². The molecule has 3 heterocycles. The van der Waals surface area contributed by atoms with Crippen LogP contribution in [0.2, 0.25) is 0 Å². The molecule has 0 aliphatic rings. The lowest BCUT2D eigenvalue weighted by Gasteiger charge is -2.11. The van der Waals surface area contributed by atoms with Gasteiger partial charge in [0, 0.05) is 46.0 Å². The third kappa shape index (κ3) is 5.59. The molecule has 3 aromatic heterocycles. The highest BCUT2D eigenvalue weighted by molar-refractivity contribution is 7.91. The number of pyridine rings is 1. The van der Waals surface area contributed by atoms with Crippen LogP contribution in [0.1, 0.15) is 31.3 Å². The fourth-order valence-corrected chi connectivity index (χ4v) is 6.72. The van der Waals surface area contributed by atoms with Gasteiger partial charge in [-0.25, -0.2) is 28.1 Å². The van der Waals surface area contributed by atoms with Crippen LogP contribution in [0.15, 0.2) is 28.5 Å². The van der Waals surface area contributed by atoms with Crippen LogP contribution in [0.3, 0.4) is 0 Å². The number of benzene rings is 1. The molecule has 0 aliphatic heterocycles. The van der Waals surface area contributed by atoms with E-state index in [4.69, 9.17) is 15.5 Å². The molecule has 0 saturated carbocycles. The van der Waals surface area contributed by atoms with Gasteiger partial charge in [-0.3, -0.25) is 9.69 Å². The highest BCUT2D eigenvalue weighted by Gasteiger charge is 2.24. The van der Waals surface area contributed by atoms with Crippen molar-refractivity contribution in [3.63, 3.8) is 0 Å². The number of nitrogens with one attached hydrogen (secondary N) is 1. The van der Waals surface area contributed by atoms with Crippen molar-refractivity contribution in [2.45, 2.75) is 43.9 Å². The van der Waals surface area contributed by atoms with Gasteiger partial charge in [0.2, 0.25) is 5.91 Å². The molecule has 0 bridgehead atoms. The van der Waals surface area contributed by atoms with Crippen LogP contribution in [0.5, 0.6) is 0 Å². The Morgan fingerprint density at radius 1 is 1.22 bits per heavy atom. The number of unbranched alkanes of at least 4 members (excludes halogenated alkanes) is 1. The van der Waals surface area contributed by atoms with Crippen molar-refractivity contribution in [2.24, 2.45) is 0 Å². The summed E-state index contributed by atoms with van der Waals surface area (Å²) in [5.41, 5.74) is 9.00. The number of sulfonamides is 1. The fraction of sp³-hybridized carbons (Fsp3) is 0.417. The molecule has 0 fully saturated rings. The van der Waals surface area contributed by atoms with Gasteiger partial charge in [0.15, 0.2) is 15.2 Å². The van der Waals surface area contributed by atoms with Crippen LogP contribution in [0, 0.1) is 6.92 Å². The molecule has 0 aliphatic carbocycles. The SMILES string of the molecule is COCCc1nc2c(N)nc3ccccc3c2n1CCCCNS(=O)(=O)c1sc(N(C)C(C)=O)nc1C. The van der Waals surface area contributed by atoms with E-state index in [9.17, 15) is 13.2 Å². The summed E-state index contributed by atoms with van der Waals surface area (Å²) in [4.78, 5) is 26.5. The van der Waals surface area contributed by atoms with E-state index in [1.807, 2.05) is 24.3 Å². The Hall–Kier alpha value is -3.13. The van der Waals surface area contributed by atoms with E-state index in [-0.39, 0.29) is 16.7 Å². The molecule has 198 valence electrons. The predicted molar refractivity (Wildman–Crippen MR) is 145 cm³/mol. The Kier molecular flexibility index (Phi) is 8.07. The number of rotatable bonds is 11. The number of amides is 1. The maximum absolute atomic E-state index is 12.9. The maximum atomic E-state index is 12.9. The fourth-order valence-electron chi connectivity index (χ4n) is 4.09. The standard InChI is InChI=1S/C24H31N7O4S2/c1-15-23(36-24(27-15)30(3)16(2)32)37(33,34)26-12-7-8-13-31-19(11-14-35-4)29-20-21(31)17-9-5-6-10-18(17)28-22(20)25/h5-6,9-10,26H,7-8,11-14H2,1-4H3,(H2,25,28). The number of para-hydroxylation sites is 1. The van der Waals surface area contributed by atoms with E-state index in [0.717, 1.165) is 33.6 Å². The summed E-state index contributed by atoms with van der Waals surface area (Å²) >= 11 is 0.980. The van der Waals surface area contributed by atoms with Crippen molar-refractivity contribution in [3.8, 4) is 0 Å². The minimum Gasteiger partial charge on any atom is -0.384 e. The maximum Gasteiger partial charge on any atom is 0.252 e. The van der Waals surface area contributed by atoms with E-state index in [0.29, 0.717) is 54.6 Å². The van der Waals surface area contributed by atoms with Crippen LogP contribution in [0.25, 0.3) is 21.9 Å². The molecule has 0 unspecified atom stereocenters. The van der Waals surface area contributed by atoms with Crippen LogP contribution < -0.4 is 15.4 Å². The Morgan fingerprint density at radius 3 is 2.70 bits per heavy atom. The third-order valence-corrected chi connectivity index (χ3v) is 9.37. The van der Waals surface area contributed by atoms with E-state index in [1.165, 1.54) is 11.8 Å². The number of aryl methyl sites for hydroxylation is 2. The van der Waals surface area contributed by atoms with Crippen molar-refractivity contribution in [3.05, 3.63) is 35.8 Å². The summed E-state index contributed by atoms with van der Waals surface area (Å²) in [6.45, 7) is 4.45. The largest absolute Gasteiger partial charge is 0.384 e. The van der Waals surface area contributed by atoms with Crippen molar-refractivity contribution >= 4 is 60.2 Å². The number of nitrogen functional groups attached to an aromatic ring is 1. The van der Waals surface area contributed by atoms with Crippen molar-refractivity contribution < 1.29 is 17.9 Å². The lowest BCUT2D eigenvalue weighted by molar-refractivity contribution is -0.116. The predicted octanol–water partition coefficient (Wildman–Crippen LogP) is 2.86. The molecule has 4 rings (SSSR count). The first-order chi connectivity index (χ1) is 17.6. The number of aromatic nitrogens is 4. The van der Waals surface area contributed by atoms with Crippen molar-refractivity contribution in [1.82, 2.24) is 24.2 Å². The number of nitrogens with zero attached hydrogens (tertiary/aromatic N) is 5. The summed E-state index contributed by atoms with van der Waals surface area (Å²) in [6.07, 6.45) is 1.94. The topological polar surface area (TPSA) is 145 Å². The average molecular weight is 546 g/mol. The van der Waals surface area contributed by atoms with E-state index in [1.54, 1.807) is 21.1 Å². The zero-order valence-corrected chi connectivity index (χ0v) is 22.9. The van der Waals surface area contributed by atoms with Crippen molar-refractivity contribution in [2.75, 3.05) is 37.9 Å². The van der Waals surface area contributed by atoms with Crippen LogP contribution in [0.4, 0.5) is 10.9 Å². The average Bonchev–Trinajstić information content (AvgIpc) is 3.43. The van der Waals surface area contributed by atoms with Crippen LogP contribution >= 0.6 is 11.3 Å². The van der Waals surface area contributed by atoms with Gasteiger partial charge in [0.1, 0.15) is 11.3 Å². The smallest absolute Gasteiger partial charge is 0.252 e. The summed E-state index contributed by atoms with van der Waals surface area (Å²) in [7, 11) is -0.529. The van der Waals surface area contributed by atoms with Gasteiger partial charge in [0.25, 0.3) is 10.0 Å². The summed E-state index contributed by atoms with van der Waals surface area (Å²) in [5.74, 6) is 1.02. The Labute approximate surface area is 219 Å². The molecule has 0 atom stereocenters. The third-order valence-electron chi connectivity index (χ3n) is 6.07. The summed E-state index contributed by atoms with van der Waals surface area (Å²) in [6, 6.07) is 7.81. The second kappa shape index (κ2) is 11.1. The van der Waals surface area contributed by atoms with Gasteiger partial charge in [-0.2, -0.15) is 0 Å². The number of imidazole rings is 1. The molecular formula is C24H31N7O4S2. The Balaban J connectivity index is 1.48. The highest BCUT2D eigenvalue weighted by Crippen LogP contribution is 2.30. The number of carbonyl (C=O) groups excluding carboxylic acids is 1. The number of thiazole rings is 1. The zero-order valence-electron chi connectivity index (χ0n) is 21.3. The molecule has 11 nitrogen and oxygen atoms in total. The molecule has 37 heavy (non-hydrogen) atoms. The molecule has 13 heteroatoms. The second-order valence-corrected chi connectivity index (χ2v) is 11.6. The number of fused-ring (bicyclic) bond motifs is 3. The molecule has 1 amide bonds. The first kappa shape index (κ1) is 26.9. The first-order valence-electron chi connectivity index (χ1n) is 11.9. The van der Waals surface area contributed by atoms with Gasteiger partial charge in [-0.1, -0.05) is 29.5 Å². The number of hydrogen-bond acceptors (Lipinski definition) is 9. The van der Waals surface area contributed by atoms with E-state index in [2.05, 4.69) is 19.3 Å². The van der Waals surface area contributed by atoms with Crippen LogP contribution in [-0.4, -0.2) is 61.2 Å². The first-order valence-corrected chi connectivity index (χ1v) is 14.2. The molecule has 1 aromatic carbocycles. The van der Waals surface area contributed by atoms with Gasteiger partial charge >= 0.3 is 0 Å². The monoisotopic (exact) mass is 545 g/mol. The van der Waals surface area contributed by atoms with E-state index < -0.39 is 10.0 Å². The lowest BCUT2D eigenvalue weighted by Crippen LogP contribution is -2.25. The lowest BCUT2D eigenvalue weighted by atomic mass is 10.2. The number of methoxy groups -OCH3 is 1. The van der Waals surface area contributed by atoms with Crippen molar-refractivity contribution in [1.29, 1.82) is 0 Å². The van der Waals surface area contributed by atoms with Gasteiger partial charge in [-0.15, -0.1) is 0 Å². The van der Waals surface area contributed by atoms with E-state index >= 15 is 0 Å². The highest BCUT2D eigenvalue weighted by atomic mass is 32.2. The molecule has 0 spiro atoms. The van der Waals surface area contributed by atoms with Gasteiger partial charge in [0.05, 0.1) is 23.3 Å². The molecule has 3 N–H and O–H groups in total. The second-order valence-electron chi connectivity index (χ2n) is 8.69. The number of nitrogens with two attached hydrogens (primary N) is 1. The molecule has 4 aromatic rings. The van der Waals surface area contributed by atoms with Crippen LogP contribution in [-0.2, 0) is 32.5 Å². The normalized spacial score (nSPS) is 12.0. The zero-order chi connectivity index (χ0) is 26.7. The minimum atomic E-state index is -3.75. The quantitative estimate of drug-likeness (QED) is 0.274. The Bertz CT molecular complexity index is 1550. The van der Waals surface area contributed by atoms with Gasteiger partial charge in [-0.05, 0) is 25.8 Å². The number of anilines is 2. The molecular weight excluding hydrogens is 514 g/mol. The molecule has 0 saturated heterocycles. The minimum absolute atomic E-state index is 0.118. The Morgan fingerprint density at radius 2 is 1.97 bits per heavy atom. The summed E-state index contributed by atoms with van der Waals surface area (Å²) < 4.78 is 36.0. The number of ether oxygens (including phenoxy) is 1. The summed E-state index contributed by atoms with van der Waals surface area (Å²) in [5, 5.41) is 1.32. The number of carbonyl (C=O) groups is 1.